The molecule has 102 valence electrons. The van der Waals surface area contributed by atoms with Crippen molar-refractivity contribution in [1.82, 2.24) is 0 Å². The smallest absolute Gasteiger partial charge is 0.0840 e. The second-order valence-electron chi connectivity index (χ2n) is 6.15. The van der Waals surface area contributed by atoms with Crippen LogP contribution in [0, 0.1) is 5.92 Å². The Morgan fingerprint density at radius 2 is 1.56 bits per heavy atom. The van der Waals surface area contributed by atoms with E-state index in [4.69, 9.17) is 0 Å². The lowest BCUT2D eigenvalue weighted by Gasteiger charge is -2.25. The summed E-state index contributed by atoms with van der Waals surface area (Å²) in [6.07, 6.45) is -0.394. The van der Waals surface area contributed by atoms with Crippen LogP contribution in [0.4, 0.5) is 0 Å². The Hall–Kier alpha value is -0.860. The van der Waals surface area contributed by atoms with Crippen LogP contribution in [0.15, 0.2) is 24.3 Å². The Morgan fingerprint density at radius 1 is 1.06 bits per heavy atom. The van der Waals surface area contributed by atoms with Crippen molar-refractivity contribution < 1.29 is 10.2 Å². The number of aliphatic hydroxyl groups excluding tert-OH is 2. The largest absolute Gasteiger partial charge is 0.393 e. The summed E-state index contributed by atoms with van der Waals surface area (Å²) in [6.45, 7) is 10.3. The SMILES string of the molecule is CC[C@@H](O)[C@H](C)[C@H](O)c1ccc(C(C)(C)C)cc1. The van der Waals surface area contributed by atoms with Gasteiger partial charge in [-0.15, -0.1) is 0 Å². The van der Waals surface area contributed by atoms with Gasteiger partial charge in [0.1, 0.15) is 0 Å². The highest BCUT2D eigenvalue weighted by atomic mass is 16.3. The lowest BCUT2D eigenvalue weighted by molar-refractivity contribution is 0.0192. The van der Waals surface area contributed by atoms with Crippen LogP contribution in [0.25, 0.3) is 0 Å². The average Bonchev–Trinajstić information content (AvgIpc) is 2.35. The summed E-state index contributed by atoms with van der Waals surface area (Å²) in [7, 11) is 0. The molecule has 1 rings (SSSR count). The molecule has 0 aliphatic heterocycles. The van der Waals surface area contributed by atoms with Gasteiger partial charge in [0.2, 0.25) is 0 Å². The number of aliphatic hydroxyl groups is 2. The third-order valence-corrected chi connectivity index (χ3v) is 3.64. The fourth-order valence-electron chi connectivity index (χ4n) is 2.07. The number of hydrogen-bond acceptors (Lipinski definition) is 2. The van der Waals surface area contributed by atoms with Crippen molar-refractivity contribution in [2.75, 3.05) is 0 Å². The number of rotatable bonds is 4. The van der Waals surface area contributed by atoms with E-state index in [1.165, 1.54) is 5.56 Å². The van der Waals surface area contributed by atoms with Crippen molar-refractivity contribution in [2.24, 2.45) is 5.92 Å². The predicted octanol–water partition coefficient (Wildman–Crippen LogP) is 3.42. The minimum absolute atomic E-state index is 0.123. The van der Waals surface area contributed by atoms with Gasteiger partial charge < -0.3 is 10.2 Å². The van der Waals surface area contributed by atoms with E-state index in [1.807, 2.05) is 26.0 Å². The van der Waals surface area contributed by atoms with Crippen molar-refractivity contribution >= 4 is 0 Å². The van der Waals surface area contributed by atoms with Crippen molar-refractivity contribution in [3.63, 3.8) is 0 Å². The number of benzene rings is 1. The Morgan fingerprint density at radius 3 is 1.94 bits per heavy atom. The maximum Gasteiger partial charge on any atom is 0.0840 e. The first-order chi connectivity index (χ1) is 8.27. The molecule has 0 aliphatic rings. The monoisotopic (exact) mass is 250 g/mol. The van der Waals surface area contributed by atoms with Crippen molar-refractivity contribution in [1.29, 1.82) is 0 Å². The molecular formula is C16H26O2. The molecule has 0 heterocycles. The minimum Gasteiger partial charge on any atom is -0.393 e. The molecule has 0 unspecified atom stereocenters. The Kier molecular flexibility index (Phi) is 4.94. The first kappa shape index (κ1) is 15.2. The first-order valence-corrected chi connectivity index (χ1v) is 6.74. The van der Waals surface area contributed by atoms with E-state index in [-0.39, 0.29) is 11.3 Å². The summed E-state index contributed by atoms with van der Waals surface area (Å²) in [6, 6.07) is 8.04. The van der Waals surface area contributed by atoms with Gasteiger partial charge in [-0.25, -0.2) is 0 Å². The Bertz CT molecular complexity index is 362. The molecule has 1 aromatic carbocycles. The summed E-state index contributed by atoms with van der Waals surface area (Å²) in [5, 5.41) is 20.0. The van der Waals surface area contributed by atoms with Crippen LogP contribution in [-0.2, 0) is 5.41 Å². The molecule has 1 aromatic rings. The van der Waals surface area contributed by atoms with Gasteiger partial charge in [-0.2, -0.15) is 0 Å². The van der Waals surface area contributed by atoms with Crippen LogP contribution in [0.3, 0.4) is 0 Å². The molecular weight excluding hydrogens is 224 g/mol. The van der Waals surface area contributed by atoms with E-state index in [9.17, 15) is 10.2 Å². The molecule has 0 saturated carbocycles. The van der Waals surface area contributed by atoms with Gasteiger partial charge in [-0.05, 0) is 23.0 Å². The molecule has 0 radical (unpaired) electrons. The molecule has 0 aliphatic carbocycles. The quantitative estimate of drug-likeness (QED) is 0.859. The molecule has 0 amide bonds. The fourth-order valence-corrected chi connectivity index (χ4v) is 2.07. The highest BCUT2D eigenvalue weighted by Gasteiger charge is 2.23. The van der Waals surface area contributed by atoms with Crippen LogP contribution in [0.2, 0.25) is 0 Å². The third-order valence-electron chi connectivity index (χ3n) is 3.64. The van der Waals surface area contributed by atoms with Gasteiger partial charge in [0.05, 0.1) is 12.2 Å². The first-order valence-electron chi connectivity index (χ1n) is 6.74. The molecule has 0 bridgehead atoms. The summed E-state index contributed by atoms with van der Waals surface area (Å²) in [5.74, 6) is -0.143. The molecule has 2 nitrogen and oxygen atoms in total. The summed E-state index contributed by atoms with van der Waals surface area (Å²) < 4.78 is 0. The van der Waals surface area contributed by atoms with E-state index in [0.29, 0.717) is 6.42 Å². The maximum absolute atomic E-state index is 10.2. The van der Waals surface area contributed by atoms with Gasteiger partial charge >= 0.3 is 0 Å². The maximum atomic E-state index is 10.2. The van der Waals surface area contributed by atoms with E-state index in [0.717, 1.165) is 5.56 Å². The van der Waals surface area contributed by atoms with Crippen LogP contribution < -0.4 is 0 Å². The van der Waals surface area contributed by atoms with E-state index in [2.05, 4.69) is 32.9 Å². The highest BCUT2D eigenvalue weighted by molar-refractivity contribution is 5.28. The van der Waals surface area contributed by atoms with Gasteiger partial charge in [-0.3, -0.25) is 0 Å². The predicted molar refractivity (Wildman–Crippen MR) is 75.6 cm³/mol. The molecule has 2 heteroatoms. The van der Waals surface area contributed by atoms with Crippen molar-refractivity contribution in [3.05, 3.63) is 35.4 Å². The van der Waals surface area contributed by atoms with Crippen LogP contribution in [0.5, 0.6) is 0 Å². The van der Waals surface area contributed by atoms with Crippen molar-refractivity contribution in [2.45, 2.75) is 58.7 Å². The third kappa shape index (κ3) is 3.56. The van der Waals surface area contributed by atoms with Crippen LogP contribution in [0.1, 0.15) is 58.3 Å². The lowest BCUT2D eigenvalue weighted by atomic mass is 9.85. The molecule has 0 saturated heterocycles. The van der Waals surface area contributed by atoms with Gasteiger partial charge in [-0.1, -0.05) is 58.9 Å². The molecule has 3 atom stereocenters. The molecule has 0 spiro atoms. The van der Waals surface area contributed by atoms with Gasteiger partial charge in [0.25, 0.3) is 0 Å². The molecule has 0 fully saturated rings. The normalized spacial score (nSPS) is 17.3. The second-order valence-corrected chi connectivity index (χ2v) is 6.15. The Balaban J connectivity index is 2.85. The highest BCUT2D eigenvalue weighted by Crippen LogP contribution is 2.28. The van der Waals surface area contributed by atoms with E-state index in [1.54, 1.807) is 0 Å². The van der Waals surface area contributed by atoms with E-state index >= 15 is 0 Å². The average molecular weight is 250 g/mol. The minimum atomic E-state index is -0.603. The zero-order valence-electron chi connectivity index (χ0n) is 12.1. The fraction of sp³-hybridized carbons (Fsp3) is 0.625. The summed E-state index contributed by atoms with van der Waals surface area (Å²) >= 11 is 0. The topological polar surface area (TPSA) is 40.5 Å². The standard InChI is InChI=1S/C16H26O2/c1-6-14(17)11(2)15(18)12-7-9-13(10-8-12)16(3,4)5/h7-11,14-15,17-18H,6H2,1-5H3/t11-,14+,15-/m0/s1. The molecule has 18 heavy (non-hydrogen) atoms. The number of hydrogen-bond donors (Lipinski definition) is 2. The summed E-state index contributed by atoms with van der Waals surface area (Å²) in [4.78, 5) is 0. The second kappa shape index (κ2) is 5.85. The zero-order valence-corrected chi connectivity index (χ0v) is 12.1. The molecule has 0 aromatic heterocycles. The van der Waals surface area contributed by atoms with Crippen molar-refractivity contribution in [3.8, 4) is 0 Å². The zero-order chi connectivity index (χ0) is 13.9. The van der Waals surface area contributed by atoms with Crippen LogP contribution >= 0.6 is 0 Å². The van der Waals surface area contributed by atoms with E-state index < -0.39 is 12.2 Å². The lowest BCUT2D eigenvalue weighted by Crippen LogP contribution is -2.23. The summed E-state index contributed by atoms with van der Waals surface area (Å²) in [5.41, 5.74) is 2.25. The van der Waals surface area contributed by atoms with Crippen LogP contribution in [-0.4, -0.2) is 16.3 Å². The van der Waals surface area contributed by atoms with Gasteiger partial charge in [0.15, 0.2) is 0 Å². The van der Waals surface area contributed by atoms with Gasteiger partial charge in [0, 0.05) is 5.92 Å². The Labute approximate surface area is 111 Å². The molecule has 2 N–H and O–H groups in total.